The van der Waals surface area contributed by atoms with Gasteiger partial charge in [-0.25, -0.2) is 0 Å². The van der Waals surface area contributed by atoms with Gasteiger partial charge in [-0.2, -0.15) is 0 Å². The first-order chi connectivity index (χ1) is 10.7. The van der Waals surface area contributed by atoms with Crippen molar-refractivity contribution in [2.75, 3.05) is 39.3 Å². The maximum Gasteiger partial charge on any atom is 0.305 e. The van der Waals surface area contributed by atoms with Gasteiger partial charge in [0.05, 0.1) is 6.61 Å². The smallest absolute Gasteiger partial charge is 0.305 e. The Morgan fingerprint density at radius 1 is 1.23 bits per heavy atom. The van der Waals surface area contributed by atoms with Crippen LogP contribution in [0.25, 0.3) is 0 Å². The average Bonchev–Trinajstić information content (AvgIpc) is 2.49. The monoisotopic (exact) mass is 324 g/mol. The van der Waals surface area contributed by atoms with E-state index in [1.807, 2.05) is 25.1 Å². The fourth-order valence-corrected chi connectivity index (χ4v) is 2.96. The van der Waals surface area contributed by atoms with Crippen molar-refractivity contribution < 1.29 is 9.53 Å². The van der Waals surface area contributed by atoms with Crippen LogP contribution in [-0.2, 0) is 16.1 Å². The van der Waals surface area contributed by atoms with E-state index in [1.54, 1.807) is 0 Å². The number of benzene rings is 1. The number of rotatable bonds is 7. The van der Waals surface area contributed by atoms with Gasteiger partial charge < -0.3 is 9.64 Å². The second kappa shape index (κ2) is 9.13. The van der Waals surface area contributed by atoms with Crippen molar-refractivity contribution in [3.8, 4) is 0 Å². The van der Waals surface area contributed by atoms with E-state index in [-0.39, 0.29) is 5.97 Å². The number of piperazine rings is 1. The van der Waals surface area contributed by atoms with Crippen molar-refractivity contribution >= 4 is 17.6 Å². The highest BCUT2D eigenvalue weighted by molar-refractivity contribution is 6.30. The lowest BCUT2D eigenvalue weighted by molar-refractivity contribution is -0.143. The highest BCUT2D eigenvalue weighted by Crippen LogP contribution is 2.14. The molecule has 2 rings (SSSR count). The molecule has 0 amide bonds. The number of halogens is 1. The number of esters is 1. The van der Waals surface area contributed by atoms with E-state index in [0.29, 0.717) is 13.0 Å². The molecule has 1 aromatic rings. The molecule has 122 valence electrons. The summed E-state index contributed by atoms with van der Waals surface area (Å²) in [6.07, 6.45) is 1.41. The molecule has 22 heavy (non-hydrogen) atoms. The predicted molar refractivity (Wildman–Crippen MR) is 89.0 cm³/mol. The summed E-state index contributed by atoms with van der Waals surface area (Å²) >= 11 is 6.03. The Balaban J connectivity index is 1.64. The summed E-state index contributed by atoms with van der Waals surface area (Å²) in [5, 5.41) is 0.801. The molecule has 0 aliphatic carbocycles. The zero-order valence-corrected chi connectivity index (χ0v) is 14.0. The zero-order chi connectivity index (χ0) is 15.8. The van der Waals surface area contributed by atoms with Gasteiger partial charge in [-0.1, -0.05) is 23.7 Å². The van der Waals surface area contributed by atoms with E-state index in [4.69, 9.17) is 16.3 Å². The Kier molecular flexibility index (Phi) is 7.16. The molecule has 0 atom stereocenters. The topological polar surface area (TPSA) is 32.8 Å². The van der Waals surface area contributed by atoms with E-state index in [0.717, 1.165) is 50.7 Å². The average molecular weight is 325 g/mol. The molecule has 1 saturated heterocycles. The second-order valence-corrected chi connectivity index (χ2v) is 6.09. The number of carbonyl (C=O) groups is 1. The molecule has 1 aliphatic rings. The summed E-state index contributed by atoms with van der Waals surface area (Å²) in [6, 6.07) is 8.07. The van der Waals surface area contributed by atoms with Gasteiger partial charge in [0, 0.05) is 44.2 Å². The Hall–Kier alpha value is -1.10. The summed E-state index contributed by atoms with van der Waals surface area (Å²) < 4.78 is 4.95. The number of nitrogens with zero attached hydrogens (tertiary/aromatic N) is 2. The highest BCUT2D eigenvalue weighted by Gasteiger charge is 2.17. The third-order valence-electron chi connectivity index (χ3n) is 3.92. The normalized spacial score (nSPS) is 16.6. The van der Waals surface area contributed by atoms with Crippen LogP contribution in [0, 0.1) is 0 Å². The first kappa shape index (κ1) is 17.3. The number of hydrogen-bond acceptors (Lipinski definition) is 4. The molecular formula is C17H25ClN2O2. The second-order valence-electron chi connectivity index (χ2n) is 5.66. The third kappa shape index (κ3) is 5.95. The predicted octanol–water partition coefficient (Wildman–Crippen LogP) is 2.80. The van der Waals surface area contributed by atoms with E-state index >= 15 is 0 Å². The van der Waals surface area contributed by atoms with E-state index < -0.39 is 0 Å². The molecule has 0 radical (unpaired) electrons. The van der Waals surface area contributed by atoms with Crippen LogP contribution in [0.5, 0.6) is 0 Å². The lowest BCUT2D eigenvalue weighted by Crippen LogP contribution is -2.46. The van der Waals surface area contributed by atoms with Crippen molar-refractivity contribution in [3.05, 3.63) is 34.9 Å². The minimum absolute atomic E-state index is 0.0814. The minimum atomic E-state index is -0.0814. The fraction of sp³-hybridized carbons (Fsp3) is 0.588. The first-order valence-corrected chi connectivity index (χ1v) is 8.40. The van der Waals surface area contributed by atoms with Crippen molar-refractivity contribution in [1.82, 2.24) is 9.80 Å². The number of ether oxygens (including phenoxy) is 1. The molecule has 0 N–H and O–H groups in total. The number of carbonyl (C=O) groups excluding carboxylic acids is 1. The van der Waals surface area contributed by atoms with Gasteiger partial charge in [-0.3, -0.25) is 9.69 Å². The Bertz CT molecular complexity index is 473. The Morgan fingerprint density at radius 3 is 2.64 bits per heavy atom. The molecule has 0 unspecified atom stereocenters. The molecule has 4 nitrogen and oxygen atoms in total. The van der Waals surface area contributed by atoms with Gasteiger partial charge in [-0.05, 0) is 37.6 Å². The molecule has 1 aromatic carbocycles. The van der Waals surface area contributed by atoms with Crippen LogP contribution in [0.2, 0.25) is 5.02 Å². The summed E-state index contributed by atoms with van der Waals surface area (Å²) in [6.45, 7) is 8.49. The van der Waals surface area contributed by atoms with Gasteiger partial charge >= 0.3 is 5.97 Å². The van der Waals surface area contributed by atoms with E-state index in [9.17, 15) is 4.79 Å². The van der Waals surface area contributed by atoms with Gasteiger partial charge in [0.2, 0.25) is 0 Å². The molecular weight excluding hydrogens is 300 g/mol. The zero-order valence-electron chi connectivity index (χ0n) is 13.3. The number of hydrogen-bond donors (Lipinski definition) is 0. The molecule has 5 heteroatoms. The van der Waals surface area contributed by atoms with Gasteiger partial charge in [0.25, 0.3) is 0 Å². The Labute approximate surface area is 138 Å². The van der Waals surface area contributed by atoms with Crippen LogP contribution in [0.1, 0.15) is 25.3 Å². The lowest BCUT2D eigenvalue weighted by Gasteiger charge is -2.34. The van der Waals surface area contributed by atoms with Crippen LogP contribution >= 0.6 is 11.6 Å². The van der Waals surface area contributed by atoms with Crippen molar-refractivity contribution in [1.29, 1.82) is 0 Å². The molecule has 0 spiro atoms. The fourth-order valence-electron chi connectivity index (χ4n) is 2.74. The van der Waals surface area contributed by atoms with Crippen molar-refractivity contribution in [3.63, 3.8) is 0 Å². The third-order valence-corrected chi connectivity index (χ3v) is 4.16. The summed E-state index contributed by atoms with van der Waals surface area (Å²) in [5.74, 6) is -0.0814. The molecule has 1 fully saturated rings. The standard InChI is InChI=1S/C17H25ClN2O2/c1-2-22-17(21)7-4-8-19-9-11-20(12-10-19)14-15-5-3-6-16(18)13-15/h3,5-6,13H,2,4,7-12,14H2,1H3. The van der Waals surface area contributed by atoms with E-state index in [1.165, 1.54) is 5.56 Å². The lowest BCUT2D eigenvalue weighted by atomic mass is 10.2. The van der Waals surface area contributed by atoms with Crippen LogP contribution in [-0.4, -0.2) is 55.1 Å². The van der Waals surface area contributed by atoms with Gasteiger partial charge in [-0.15, -0.1) is 0 Å². The summed E-state index contributed by atoms with van der Waals surface area (Å²) in [4.78, 5) is 16.2. The first-order valence-electron chi connectivity index (χ1n) is 8.02. The quantitative estimate of drug-likeness (QED) is 0.722. The largest absolute Gasteiger partial charge is 0.466 e. The van der Waals surface area contributed by atoms with Crippen LogP contribution < -0.4 is 0 Å². The highest BCUT2D eigenvalue weighted by atomic mass is 35.5. The van der Waals surface area contributed by atoms with Gasteiger partial charge in [0.15, 0.2) is 0 Å². The minimum Gasteiger partial charge on any atom is -0.466 e. The molecule has 0 aromatic heterocycles. The molecule has 1 aliphatic heterocycles. The summed E-state index contributed by atoms with van der Waals surface area (Å²) in [7, 11) is 0. The maximum atomic E-state index is 11.3. The van der Waals surface area contributed by atoms with Crippen molar-refractivity contribution in [2.45, 2.75) is 26.3 Å². The maximum absolute atomic E-state index is 11.3. The van der Waals surface area contributed by atoms with Crippen LogP contribution in [0.4, 0.5) is 0 Å². The van der Waals surface area contributed by atoms with E-state index in [2.05, 4.69) is 15.9 Å². The Morgan fingerprint density at radius 2 is 1.95 bits per heavy atom. The molecule has 0 bridgehead atoms. The molecule has 1 heterocycles. The van der Waals surface area contributed by atoms with Gasteiger partial charge in [0.1, 0.15) is 0 Å². The SMILES string of the molecule is CCOC(=O)CCCN1CCN(Cc2cccc(Cl)c2)CC1. The molecule has 0 saturated carbocycles. The van der Waals surface area contributed by atoms with Crippen LogP contribution in [0.15, 0.2) is 24.3 Å². The summed E-state index contributed by atoms with van der Waals surface area (Å²) in [5.41, 5.74) is 1.27. The van der Waals surface area contributed by atoms with Crippen LogP contribution in [0.3, 0.4) is 0 Å². The van der Waals surface area contributed by atoms with Crippen molar-refractivity contribution in [2.24, 2.45) is 0 Å².